The van der Waals surface area contributed by atoms with E-state index in [0.29, 0.717) is 54.5 Å². The van der Waals surface area contributed by atoms with Gasteiger partial charge < -0.3 is 28.4 Å². The monoisotopic (exact) mass is 529 g/mol. The molecular formula is C29H31N5O5. The number of carbonyl (C=O) groups is 2. The second kappa shape index (κ2) is 10.6. The molecule has 0 aliphatic carbocycles. The molecule has 1 atom stereocenters. The van der Waals surface area contributed by atoms with Crippen LogP contribution >= 0.6 is 0 Å². The van der Waals surface area contributed by atoms with Crippen molar-refractivity contribution in [2.75, 3.05) is 20.3 Å². The van der Waals surface area contributed by atoms with Gasteiger partial charge in [-0.1, -0.05) is 12.1 Å². The van der Waals surface area contributed by atoms with Gasteiger partial charge in [-0.3, -0.25) is 9.59 Å². The summed E-state index contributed by atoms with van der Waals surface area (Å²) >= 11 is 0. The van der Waals surface area contributed by atoms with Crippen LogP contribution in [0.15, 0.2) is 60.8 Å². The molecule has 10 nitrogen and oxygen atoms in total. The van der Waals surface area contributed by atoms with Gasteiger partial charge in [-0.25, -0.2) is 9.97 Å². The van der Waals surface area contributed by atoms with Crippen LogP contribution in [0.5, 0.6) is 11.5 Å². The second-order valence-corrected chi connectivity index (χ2v) is 9.42. The van der Waals surface area contributed by atoms with Crippen LogP contribution in [-0.4, -0.2) is 60.9 Å². The van der Waals surface area contributed by atoms with Gasteiger partial charge in [0.25, 0.3) is 11.7 Å². The highest BCUT2D eigenvalue weighted by Crippen LogP contribution is 2.42. The number of aryl methyl sites for hydroxylation is 3. The number of aliphatic hydroxyl groups is 1. The number of benzene rings is 1. The van der Waals surface area contributed by atoms with Crippen molar-refractivity contribution in [1.82, 2.24) is 23.8 Å². The molecule has 10 heteroatoms. The largest absolute Gasteiger partial charge is 0.505 e. The van der Waals surface area contributed by atoms with Gasteiger partial charge in [0.15, 0.2) is 17.3 Å². The van der Waals surface area contributed by atoms with E-state index in [-0.39, 0.29) is 17.0 Å². The summed E-state index contributed by atoms with van der Waals surface area (Å²) in [4.78, 5) is 37.1. The number of ether oxygens (including phenoxy) is 2. The minimum Gasteiger partial charge on any atom is -0.505 e. The van der Waals surface area contributed by atoms with E-state index >= 15 is 0 Å². The molecule has 202 valence electrons. The van der Waals surface area contributed by atoms with Crippen molar-refractivity contribution in [3.8, 4) is 11.5 Å². The average molecular weight is 530 g/mol. The number of ketones is 1. The number of aliphatic hydroxyl groups excluding tert-OH is 1. The van der Waals surface area contributed by atoms with Gasteiger partial charge in [0.1, 0.15) is 11.3 Å². The van der Waals surface area contributed by atoms with E-state index in [1.165, 1.54) is 12.0 Å². The van der Waals surface area contributed by atoms with E-state index in [1.54, 1.807) is 30.7 Å². The van der Waals surface area contributed by atoms with E-state index in [4.69, 9.17) is 9.47 Å². The maximum atomic E-state index is 13.5. The third-order valence-electron chi connectivity index (χ3n) is 7.03. The van der Waals surface area contributed by atoms with Crippen LogP contribution in [0.4, 0.5) is 0 Å². The third-order valence-corrected chi connectivity index (χ3v) is 7.03. The van der Waals surface area contributed by atoms with Crippen LogP contribution in [0.1, 0.15) is 41.9 Å². The molecule has 4 heterocycles. The van der Waals surface area contributed by atoms with Crippen molar-refractivity contribution in [1.29, 1.82) is 0 Å². The van der Waals surface area contributed by atoms with Crippen LogP contribution < -0.4 is 9.47 Å². The van der Waals surface area contributed by atoms with Crippen molar-refractivity contribution in [2.24, 2.45) is 0 Å². The lowest BCUT2D eigenvalue weighted by Crippen LogP contribution is -2.31. The Morgan fingerprint density at radius 1 is 1.10 bits per heavy atom. The van der Waals surface area contributed by atoms with Gasteiger partial charge >= 0.3 is 0 Å². The zero-order chi connectivity index (χ0) is 27.7. The maximum Gasteiger partial charge on any atom is 0.295 e. The fourth-order valence-electron chi connectivity index (χ4n) is 5.10. The summed E-state index contributed by atoms with van der Waals surface area (Å²) in [6.45, 7) is 6.99. The standard InChI is InChI=1S/C29H31N5O5/c1-5-39-21-10-9-20(16-22(21)38-4)25-23(26(35)24-19(3)33-13-6-8-18(2)28(33)31-24)27(36)29(37)34(25)14-7-12-32-15-11-30-17-32/h6,8-11,13,15-17,25,35H,5,7,12,14H2,1-4H3/b26-23+. The molecular weight excluding hydrogens is 498 g/mol. The molecule has 0 bridgehead atoms. The normalized spacial score (nSPS) is 16.8. The number of hydrogen-bond donors (Lipinski definition) is 1. The van der Waals surface area contributed by atoms with Gasteiger partial charge in [0.05, 0.1) is 37.4 Å². The first-order valence-electron chi connectivity index (χ1n) is 12.8. The van der Waals surface area contributed by atoms with Gasteiger partial charge in [0, 0.05) is 31.7 Å². The molecule has 1 amide bonds. The fraction of sp³-hybridized carbons (Fsp3) is 0.310. The number of likely N-dealkylation sites (tertiary alicyclic amines) is 1. The average Bonchev–Trinajstić information content (AvgIpc) is 3.64. The predicted octanol–water partition coefficient (Wildman–Crippen LogP) is 4.07. The van der Waals surface area contributed by atoms with Gasteiger partial charge in [-0.05, 0) is 56.5 Å². The molecule has 3 aromatic heterocycles. The van der Waals surface area contributed by atoms with E-state index in [2.05, 4.69) is 9.97 Å². The number of pyridine rings is 1. The van der Waals surface area contributed by atoms with Crippen molar-refractivity contribution in [2.45, 2.75) is 39.8 Å². The Hall–Kier alpha value is -4.60. The summed E-state index contributed by atoms with van der Waals surface area (Å²) in [5.41, 5.74) is 3.15. The first kappa shape index (κ1) is 26.0. The summed E-state index contributed by atoms with van der Waals surface area (Å²) in [6, 6.07) is 8.29. The van der Waals surface area contributed by atoms with Crippen LogP contribution in [0.25, 0.3) is 11.4 Å². The lowest BCUT2D eigenvalue weighted by atomic mass is 9.96. The van der Waals surface area contributed by atoms with Crippen LogP contribution in [0.3, 0.4) is 0 Å². The quantitative estimate of drug-likeness (QED) is 0.198. The first-order valence-corrected chi connectivity index (χ1v) is 12.8. The Morgan fingerprint density at radius 3 is 2.62 bits per heavy atom. The fourth-order valence-corrected chi connectivity index (χ4v) is 5.10. The predicted molar refractivity (Wildman–Crippen MR) is 145 cm³/mol. The summed E-state index contributed by atoms with van der Waals surface area (Å²) in [6.07, 6.45) is 7.68. The Bertz CT molecular complexity index is 1570. The van der Waals surface area contributed by atoms with Crippen molar-refractivity contribution in [3.63, 3.8) is 0 Å². The van der Waals surface area contributed by atoms with Gasteiger partial charge in [0.2, 0.25) is 0 Å². The zero-order valence-corrected chi connectivity index (χ0v) is 22.4. The van der Waals surface area contributed by atoms with E-state index in [1.807, 2.05) is 54.3 Å². The number of rotatable bonds is 9. The molecule has 1 unspecified atom stereocenters. The van der Waals surface area contributed by atoms with Crippen LogP contribution in [0, 0.1) is 13.8 Å². The number of carbonyl (C=O) groups excluding carboxylic acids is 2. The topological polar surface area (TPSA) is 111 Å². The number of hydrogen-bond acceptors (Lipinski definition) is 7. The molecule has 1 aromatic carbocycles. The Labute approximate surface area is 226 Å². The molecule has 0 radical (unpaired) electrons. The number of fused-ring (bicyclic) bond motifs is 1. The van der Waals surface area contributed by atoms with Crippen molar-refractivity contribution in [3.05, 3.63) is 83.3 Å². The Morgan fingerprint density at radius 2 is 1.92 bits per heavy atom. The van der Waals surface area contributed by atoms with E-state index in [9.17, 15) is 14.7 Å². The van der Waals surface area contributed by atoms with Crippen molar-refractivity contribution < 1.29 is 24.2 Å². The molecule has 4 aromatic rings. The van der Waals surface area contributed by atoms with E-state index in [0.717, 1.165) is 5.56 Å². The smallest absolute Gasteiger partial charge is 0.295 e. The summed E-state index contributed by atoms with van der Waals surface area (Å²) in [5.74, 6) is -0.701. The zero-order valence-electron chi connectivity index (χ0n) is 22.4. The van der Waals surface area contributed by atoms with Gasteiger partial charge in [-0.15, -0.1) is 0 Å². The second-order valence-electron chi connectivity index (χ2n) is 9.42. The van der Waals surface area contributed by atoms with Gasteiger partial charge in [-0.2, -0.15) is 0 Å². The summed E-state index contributed by atoms with van der Waals surface area (Å²) in [7, 11) is 1.53. The maximum absolute atomic E-state index is 13.5. The number of methoxy groups -OCH3 is 1. The van der Waals surface area contributed by atoms with Crippen LogP contribution in [0.2, 0.25) is 0 Å². The summed E-state index contributed by atoms with van der Waals surface area (Å²) < 4.78 is 15.0. The highest BCUT2D eigenvalue weighted by molar-refractivity contribution is 6.46. The highest BCUT2D eigenvalue weighted by Gasteiger charge is 2.46. The number of imidazole rings is 2. The van der Waals surface area contributed by atoms with Crippen molar-refractivity contribution >= 4 is 23.1 Å². The molecule has 1 fully saturated rings. The lowest BCUT2D eigenvalue weighted by Gasteiger charge is -2.26. The lowest BCUT2D eigenvalue weighted by molar-refractivity contribution is -0.139. The van der Waals surface area contributed by atoms with E-state index < -0.39 is 17.7 Å². The summed E-state index contributed by atoms with van der Waals surface area (Å²) in [5, 5.41) is 11.6. The number of aromatic nitrogens is 4. The molecule has 1 N–H and O–H groups in total. The minimum atomic E-state index is -0.831. The third kappa shape index (κ3) is 4.62. The molecule has 39 heavy (non-hydrogen) atoms. The molecule has 1 aliphatic rings. The number of amides is 1. The highest BCUT2D eigenvalue weighted by atomic mass is 16.5. The molecule has 0 saturated carbocycles. The minimum absolute atomic E-state index is 0.00185. The molecule has 5 rings (SSSR count). The molecule has 1 aliphatic heterocycles. The molecule has 1 saturated heterocycles. The number of nitrogens with zero attached hydrogens (tertiary/aromatic N) is 5. The SMILES string of the molecule is CCOc1ccc(C2/C(=C(\O)c3nc4c(C)cccn4c3C)C(=O)C(=O)N2CCCn2ccnc2)cc1OC. The molecule has 0 spiro atoms. The Kier molecular flexibility index (Phi) is 7.10. The number of Topliss-reactive ketones (excluding diaryl/α,β-unsaturated/α-hetero) is 1. The first-order chi connectivity index (χ1) is 18.8. The Balaban J connectivity index is 1.63. The van der Waals surface area contributed by atoms with Crippen LogP contribution in [-0.2, 0) is 16.1 Å².